The third-order valence-corrected chi connectivity index (χ3v) is 15.3. The van der Waals surface area contributed by atoms with Crippen LogP contribution in [0.25, 0.3) is 0 Å². The Morgan fingerprint density at radius 1 is 0.380 bits per heavy atom. The first-order valence-electron chi connectivity index (χ1n) is 32.4. The van der Waals surface area contributed by atoms with Gasteiger partial charge in [0.1, 0.15) is 0 Å². The van der Waals surface area contributed by atoms with E-state index >= 15 is 0 Å². The fourth-order valence-corrected chi connectivity index (χ4v) is 10.3. The van der Waals surface area contributed by atoms with Crippen LogP contribution in [0.5, 0.6) is 0 Å². The molecule has 0 saturated heterocycles. The molecule has 0 rings (SSSR count). The van der Waals surface area contributed by atoms with Crippen LogP contribution in [0.3, 0.4) is 0 Å². The molecule has 0 aromatic heterocycles. The molecule has 0 radical (unpaired) electrons. The van der Waals surface area contributed by atoms with Crippen molar-refractivity contribution in [3.05, 3.63) is 12.2 Å². The highest BCUT2D eigenvalue weighted by atomic mass is 16.5. The van der Waals surface area contributed by atoms with Crippen molar-refractivity contribution in [2.24, 2.45) is 0 Å². The largest absolute Gasteiger partial charge is 0.466 e. The molecule has 6 heteroatoms. The number of hydrogen-bond donors (Lipinski definition) is 3. The summed E-state index contributed by atoms with van der Waals surface area (Å²) in [5.74, 6) is -0.0399. The predicted octanol–water partition coefficient (Wildman–Crippen LogP) is 20.4. The van der Waals surface area contributed by atoms with Gasteiger partial charge in [-0.1, -0.05) is 315 Å². The summed E-state index contributed by atoms with van der Waals surface area (Å²) in [4.78, 5) is 24.6. The van der Waals surface area contributed by atoms with E-state index in [2.05, 4.69) is 31.3 Å². The maximum atomic E-state index is 12.5. The Bertz CT molecular complexity index is 1060. The van der Waals surface area contributed by atoms with Crippen molar-refractivity contribution in [2.75, 3.05) is 13.2 Å². The summed E-state index contributed by atoms with van der Waals surface area (Å²) in [6.07, 6.45) is 73.7. The van der Waals surface area contributed by atoms with E-state index in [1.54, 1.807) is 0 Å². The summed E-state index contributed by atoms with van der Waals surface area (Å²) in [6.45, 7) is 4.97. The molecular weight excluding hydrogens is 875 g/mol. The Labute approximate surface area is 444 Å². The molecule has 0 spiro atoms. The molecule has 422 valence electrons. The van der Waals surface area contributed by atoms with Gasteiger partial charge in [-0.3, -0.25) is 9.59 Å². The minimum absolute atomic E-state index is 0.00281. The van der Waals surface area contributed by atoms with Gasteiger partial charge in [-0.15, -0.1) is 0 Å². The molecule has 3 N–H and O–H groups in total. The first-order chi connectivity index (χ1) is 35.0. The Kier molecular flexibility index (Phi) is 59.9. The zero-order valence-electron chi connectivity index (χ0n) is 48.2. The van der Waals surface area contributed by atoms with E-state index in [9.17, 15) is 19.8 Å². The maximum Gasteiger partial charge on any atom is 0.305 e. The lowest BCUT2D eigenvalue weighted by molar-refractivity contribution is -0.143. The van der Waals surface area contributed by atoms with Gasteiger partial charge in [0.15, 0.2) is 0 Å². The van der Waals surface area contributed by atoms with Gasteiger partial charge >= 0.3 is 5.97 Å². The number of amides is 1. The van der Waals surface area contributed by atoms with E-state index in [4.69, 9.17) is 4.74 Å². The lowest BCUT2D eigenvalue weighted by Gasteiger charge is -2.22. The second-order valence-electron chi connectivity index (χ2n) is 22.5. The minimum atomic E-state index is -0.672. The first kappa shape index (κ1) is 69.6. The van der Waals surface area contributed by atoms with Crippen LogP contribution >= 0.6 is 0 Å². The number of nitrogens with one attached hydrogen (secondary N) is 1. The normalized spacial score (nSPS) is 12.6. The molecule has 6 nitrogen and oxygen atoms in total. The van der Waals surface area contributed by atoms with Crippen molar-refractivity contribution in [1.29, 1.82) is 0 Å². The SMILES string of the molecule is CCCCCCCCCCCCCCCCCCCCCCCC(O)C(CO)NC(=O)CCCCCCCCC/C=C\CCCCCCCCOC(=O)CCCCCCCCCCCCCCCCCC. The summed E-state index contributed by atoms with van der Waals surface area (Å²) < 4.78 is 5.49. The van der Waals surface area contributed by atoms with Crippen molar-refractivity contribution in [3.8, 4) is 0 Å². The smallest absolute Gasteiger partial charge is 0.305 e. The number of esters is 1. The number of carbonyl (C=O) groups excluding carboxylic acids is 2. The van der Waals surface area contributed by atoms with Crippen LogP contribution in [-0.2, 0) is 14.3 Å². The average molecular weight is 1000 g/mol. The molecular formula is C65H127NO5. The molecule has 0 aliphatic heterocycles. The van der Waals surface area contributed by atoms with Gasteiger partial charge in [0, 0.05) is 12.8 Å². The molecule has 0 aliphatic rings. The number of aliphatic hydroxyl groups is 2. The van der Waals surface area contributed by atoms with E-state index in [0.29, 0.717) is 25.9 Å². The number of ether oxygens (including phenoxy) is 1. The van der Waals surface area contributed by atoms with E-state index in [1.807, 2.05) is 0 Å². The predicted molar refractivity (Wildman–Crippen MR) is 310 cm³/mol. The zero-order chi connectivity index (χ0) is 51.4. The summed E-state index contributed by atoms with van der Waals surface area (Å²) in [7, 11) is 0. The van der Waals surface area contributed by atoms with Crippen LogP contribution in [0.2, 0.25) is 0 Å². The number of unbranched alkanes of at least 4 members (excludes halogenated alkanes) is 48. The monoisotopic (exact) mass is 1000 g/mol. The second-order valence-corrected chi connectivity index (χ2v) is 22.5. The van der Waals surface area contributed by atoms with Crippen molar-refractivity contribution < 1.29 is 24.5 Å². The highest BCUT2D eigenvalue weighted by Crippen LogP contribution is 2.18. The highest BCUT2D eigenvalue weighted by molar-refractivity contribution is 5.76. The van der Waals surface area contributed by atoms with E-state index in [-0.39, 0.29) is 18.5 Å². The van der Waals surface area contributed by atoms with Crippen LogP contribution in [0.15, 0.2) is 12.2 Å². The number of carbonyl (C=O) groups is 2. The molecule has 1 amide bonds. The molecule has 0 bridgehead atoms. The van der Waals surface area contributed by atoms with Gasteiger partial charge in [-0.2, -0.15) is 0 Å². The van der Waals surface area contributed by atoms with Crippen LogP contribution in [-0.4, -0.2) is 47.4 Å². The minimum Gasteiger partial charge on any atom is -0.466 e. The van der Waals surface area contributed by atoms with Gasteiger partial charge in [0.25, 0.3) is 0 Å². The van der Waals surface area contributed by atoms with Gasteiger partial charge in [0.05, 0.1) is 25.4 Å². The number of allylic oxidation sites excluding steroid dienone is 2. The van der Waals surface area contributed by atoms with Crippen molar-refractivity contribution in [3.63, 3.8) is 0 Å². The van der Waals surface area contributed by atoms with Gasteiger partial charge < -0.3 is 20.3 Å². The van der Waals surface area contributed by atoms with Gasteiger partial charge in [0.2, 0.25) is 5.91 Å². The summed E-state index contributed by atoms with van der Waals surface area (Å²) in [5, 5.41) is 23.4. The van der Waals surface area contributed by atoms with Crippen LogP contribution in [0.4, 0.5) is 0 Å². The van der Waals surface area contributed by atoms with Crippen LogP contribution in [0.1, 0.15) is 367 Å². The number of aliphatic hydroxyl groups excluding tert-OH is 2. The van der Waals surface area contributed by atoms with E-state index < -0.39 is 12.1 Å². The maximum absolute atomic E-state index is 12.5. The number of hydrogen-bond acceptors (Lipinski definition) is 5. The fraction of sp³-hybridized carbons (Fsp3) is 0.938. The molecule has 71 heavy (non-hydrogen) atoms. The number of rotatable bonds is 61. The highest BCUT2D eigenvalue weighted by Gasteiger charge is 2.20. The lowest BCUT2D eigenvalue weighted by atomic mass is 10.0. The van der Waals surface area contributed by atoms with Crippen molar-refractivity contribution in [2.45, 2.75) is 379 Å². The summed E-state index contributed by atoms with van der Waals surface area (Å²) >= 11 is 0. The fourth-order valence-electron chi connectivity index (χ4n) is 10.3. The Balaban J connectivity index is 3.43. The zero-order valence-corrected chi connectivity index (χ0v) is 48.2. The van der Waals surface area contributed by atoms with Crippen molar-refractivity contribution >= 4 is 11.9 Å². The molecule has 2 atom stereocenters. The third-order valence-electron chi connectivity index (χ3n) is 15.3. The second kappa shape index (κ2) is 61.1. The molecule has 0 saturated carbocycles. The molecule has 0 aromatic rings. The van der Waals surface area contributed by atoms with Crippen LogP contribution < -0.4 is 5.32 Å². The van der Waals surface area contributed by atoms with Gasteiger partial charge in [-0.05, 0) is 51.4 Å². The molecule has 2 unspecified atom stereocenters. The quantitative estimate of drug-likeness (QED) is 0.0320. The average Bonchev–Trinajstić information content (AvgIpc) is 3.37. The van der Waals surface area contributed by atoms with E-state index in [0.717, 1.165) is 51.4 Å². The molecule has 0 aromatic carbocycles. The Hall–Kier alpha value is -1.40. The lowest BCUT2D eigenvalue weighted by Crippen LogP contribution is -2.45. The standard InChI is InChI=1S/C65H127NO5/c1-3-5-7-9-11-13-15-17-19-21-22-23-24-26-29-33-37-41-45-49-53-57-63(68)62(61-67)66-64(69)58-54-50-46-42-38-34-30-27-25-28-32-36-40-44-48-52-56-60-71-65(70)59-55-51-47-43-39-35-31-20-18-16-14-12-10-8-6-4-2/h25,28,62-63,67-68H,3-24,26-27,29-61H2,1-2H3,(H,66,69)/b28-25-. The van der Waals surface area contributed by atoms with Gasteiger partial charge in [-0.25, -0.2) is 0 Å². The Morgan fingerprint density at radius 2 is 0.662 bits per heavy atom. The van der Waals surface area contributed by atoms with Crippen molar-refractivity contribution in [1.82, 2.24) is 5.32 Å². The molecule has 0 heterocycles. The first-order valence-corrected chi connectivity index (χ1v) is 32.4. The summed E-state index contributed by atoms with van der Waals surface area (Å²) in [5.41, 5.74) is 0. The summed E-state index contributed by atoms with van der Waals surface area (Å²) in [6, 6.07) is -0.551. The van der Waals surface area contributed by atoms with Crippen LogP contribution in [0, 0.1) is 0 Å². The van der Waals surface area contributed by atoms with E-state index in [1.165, 1.54) is 283 Å². The third kappa shape index (κ3) is 57.7. The molecule has 0 aliphatic carbocycles. The topological polar surface area (TPSA) is 95.9 Å². The Morgan fingerprint density at radius 3 is 1.00 bits per heavy atom. The molecule has 0 fully saturated rings.